The first-order valence-electron chi connectivity index (χ1n) is 16.8. The normalized spacial score (nSPS) is 21.3. The number of benzene rings is 3. The molecule has 0 aliphatic carbocycles. The van der Waals surface area contributed by atoms with Crippen LogP contribution in [-0.2, 0) is 32.2 Å². The van der Waals surface area contributed by atoms with Crippen LogP contribution < -0.4 is 10.2 Å². The molecule has 0 saturated carbocycles. The highest BCUT2D eigenvalue weighted by molar-refractivity contribution is 5.80. The largest absolute Gasteiger partial charge is 0.481 e. The molecule has 3 aromatic carbocycles. The molecule has 0 radical (unpaired) electrons. The van der Waals surface area contributed by atoms with Gasteiger partial charge in [-0.3, -0.25) is 14.5 Å². The van der Waals surface area contributed by atoms with E-state index in [1.807, 2.05) is 78.9 Å². The van der Waals surface area contributed by atoms with Crippen molar-refractivity contribution < 1.29 is 29.3 Å². The summed E-state index contributed by atoms with van der Waals surface area (Å²) in [6, 6.07) is 25.8. The second-order valence-electron chi connectivity index (χ2n) is 12.6. The van der Waals surface area contributed by atoms with E-state index in [1.54, 1.807) is 12.4 Å². The molecule has 3 heterocycles. The van der Waals surface area contributed by atoms with Crippen molar-refractivity contribution in [1.82, 2.24) is 20.2 Å². The Labute approximate surface area is 286 Å². The zero-order valence-electron chi connectivity index (χ0n) is 27.6. The standard InChI is InChI=1S/C38H43N5O6/c1-26-33(24-42-19-21-43(22-20-42)38-39-17-4-18-40-38)48-37(49-36(26)29-9-7-27(25-44)8-10-29)30-13-11-28(12-14-30)32-6-3-2-5-31(32)23-41-34(45)15-16-35(46)47/h2-14,17-18,26,33,36-37,44H,15-16,19-25H2,1H3,(H,41,45)(H,46,47)/t26-,33+,36+,37+/m0/s1. The van der Waals surface area contributed by atoms with Crippen LogP contribution >= 0.6 is 0 Å². The van der Waals surface area contributed by atoms with Crippen molar-refractivity contribution in [2.24, 2.45) is 5.92 Å². The summed E-state index contributed by atoms with van der Waals surface area (Å²) in [4.78, 5) is 36.5. The van der Waals surface area contributed by atoms with E-state index < -0.39 is 12.3 Å². The molecule has 0 unspecified atom stereocenters. The molecule has 2 fully saturated rings. The fourth-order valence-electron chi connectivity index (χ4n) is 6.45. The van der Waals surface area contributed by atoms with E-state index in [9.17, 15) is 14.7 Å². The molecule has 1 aromatic heterocycles. The van der Waals surface area contributed by atoms with E-state index in [-0.39, 0.29) is 43.5 Å². The minimum Gasteiger partial charge on any atom is -0.481 e. The number of rotatable bonds is 12. The molecular formula is C38H43N5O6. The van der Waals surface area contributed by atoms with Gasteiger partial charge >= 0.3 is 5.97 Å². The lowest BCUT2D eigenvalue weighted by molar-refractivity contribution is -0.276. The van der Waals surface area contributed by atoms with Crippen LogP contribution in [-0.4, -0.2) is 75.8 Å². The monoisotopic (exact) mass is 665 g/mol. The number of carbonyl (C=O) groups is 2. The van der Waals surface area contributed by atoms with E-state index in [1.165, 1.54) is 0 Å². The average Bonchev–Trinajstić information content (AvgIpc) is 3.15. The number of carboxylic acid groups (broad SMARTS) is 1. The molecule has 49 heavy (non-hydrogen) atoms. The van der Waals surface area contributed by atoms with Crippen molar-refractivity contribution in [1.29, 1.82) is 0 Å². The smallest absolute Gasteiger partial charge is 0.303 e. The lowest BCUT2D eigenvalue weighted by Gasteiger charge is -2.44. The number of nitrogens with one attached hydrogen (secondary N) is 1. The third-order valence-electron chi connectivity index (χ3n) is 9.32. The Morgan fingerprint density at radius 1 is 0.857 bits per heavy atom. The number of hydrogen-bond donors (Lipinski definition) is 3. The van der Waals surface area contributed by atoms with Gasteiger partial charge in [-0.05, 0) is 33.9 Å². The first-order chi connectivity index (χ1) is 23.9. The summed E-state index contributed by atoms with van der Waals surface area (Å²) in [5.41, 5.74) is 5.70. The third kappa shape index (κ3) is 8.68. The number of aliphatic hydroxyl groups excluding tert-OH is 1. The van der Waals surface area contributed by atoms with Gasteiger partial charge in [-0.25, -0.2) is 9.97 Å². The quantitative estimate of drug-likeness (QED) is 0.195. The molecule has 2 saturated heterocycles. The minimum atomic E-state index is -0.995. The maximum Gasteiger partial charge on any atom is 0.303 e. The number of piperazine rings is 1. The van der Waals surface area contributed by atoms with Crippen molar-refractivity contribution in [3.63, 3.8) is 0 Å². The molecule has 2 aliphatic rings. The highest BCUT2D eigenvalue weighted by Gasteiger charge is 2.39. The maximum absolute atomic E-state index is 12.2. The maximum atomic E-state index is 12.2. The lowest BCUT2D eigenvalue weighted by atomic mass is 9.89. The molecule has 2 aliphatic heterocycles. The van der Waals surface area contributed by atoms with Crippen LogP contribution in [0.25, 0.3) is 11.1 Å². The highest BCUT2D eigenvalue weighted by atomic mass is 16.7. The number of anilines is 1. The summed E-state index contributed by atoms with van der Waals surface area (Å²) < 4.78 is 13.4. The van der Waals surface area contributed by atoms with Gasteiger partial charge in [-0.2, -0.15) is 0 Å². The van der Waals surface area contributed by atoms with Crippen molar-refractivity contribution in [3.05, 3.63) is 114 Å². The summed E-state index contributed by atoms with van der Waals surface area (Å²) in [6.45, 7) is 6.66. The molecule has 11 heteroatoms. The summed E-state index contributed by atoms with van der Waals surface area (Å²) in [7, 11) is 0. The molecule has 256 valence electrons. The second-order valence-corrected chi connectivity index (χ2v) is 12.6. The summed E-state index contributed by atoms with van der Waals surface area (Å²) >= 11 is 0. The van der Waals surface area contributed by atoms with E-state index in [2.05, 4.69) is 32.0 Å². The van der Waals surface area contributed by atoms with Gasteiger partial charge in [0.2, 0.25) is 11.9 Å². The van der Waals surface area contributed by atoms with Crippen molar-refractivity contribution in [2.75, 3.05) is 37.6 Å². The predicted octanol–water partition coefficient (Wildman–Crippen LogP) is 4.73. The molecule has 4 aromatic rings. The van der Waals surface area contributed by atoms with Crippen LogP contribution in [0.4, 0.5) is 5.95 Å². The fraction of sp³-hybridized carbons (Fsp3) is 0.368. The number of carbonyl (C=O) groups excluding carboxylic acids is 1. The third-order valence-corrected chi connectivity index (χ3v) is 9.32. The number of aromatic nitrogens is 2. The Morgan fingerprint density at radius 2 is 1.55 bits per heavy atom. The van der Waals surface area contributed by atoms with Gasteiger partial charge in [0.15, 0.2) is 6.29 Å². The second kappa shape index (κ2) is 16.1. The van der Waals surface area contributed by atoms with Crippen LogP contribution in [0.3, 0.4) is 0 Å². The summed E-state index contributed by atoms with van der Waals surface area (Å²) in [5, 5.41) is 21.3. The number of carboxylic acids is 1. The molecular weight excluding hydrogens is 622 g/mol. The van der Waals surface area contributed by atoms with Crippen LogP contribution in [0.2, 0.25) is 0 Å². The van der Waals surface area contributed by atoms with E-state index in [0.29, 0.717) is 6.54 Å². The van der Waals surface area contributed by atoms with Crippen LogP contribution in [0.1, 0.15) is 54.4 Å². The van der Waals surface area contributed by atoms with Gasteiger partial charge in [0.05, 0.1) is 25.2 Å². The van der Waals surface area contributed by atoms with Gasteiger partial charge in [0.25, 0.3) is 0 Å². The highest BCUT2D eigenvalue weighted by Crippen LogP contribution is 2.42. The first kappa shape index (κ1) is 34.2. The van der Waals surface area contributed by atoms with Gasteiger partial charge < -0.3 is 29.9 Å². The summed E-state index contributed by atoms with van der Waals surface area (Å²) in [6.07, 6.45) is 2.41. The van der Waals surface area contributed by atoms with Gasteiger partial charge in [0.1, 0.15) is 0 Å². The first-order valence-corrected chi connectivity index (χ1v) is 16.8. The van der Waals surface area contributed by atoms with E-state index >= 15 is 0 Å². The van der Waals surface area contributed by atoms with Gasteiger partial charge in [0, 0.05) is 69.6 Å². The lowest BCUT2D eigenvalue weighted by Crippen LogP contribution is -2.51. The van der Waals surface area contributed by atoms with Crippen LogP contribution in [0, 0.1) is 5.92 Å². The van der Waals surface area contributed by atoms with Crippen molar-refractivity contribution >= 4 is 17.8 Å². The van der Waals surface area contributed by atoms with Gasteiger partial charge in [-0.1, -0.05) is 79.7 Å². The topological polar surface area (TPSA) is 137 Å². The molecule has 3 N–H and O–H groups in total. The number of ether oxygens (including phenoxy) is 2. The van der Waals surface area contributed by atoms with E-state index in [0.717, 1.165) is 72.1 Å². The average molecular weight is 666 g/mol. The molecule has 4 atom stereocenters. The molecule has 6 rings (SSSR count). The summed E-state index contributed by atoms with van der Waals surface area (Å²) in [5.74, 6) is -0.458. The Morgan fingerprint density at radius 3 is 2.24 bits per heavy atom. The molecule has 1 amide bonds. The fourth-order valence-corrected chi connectivity index (χ4v) is 6.45. The Hall–Kier alpha value is -4.68. The Balaban J connectivity index is 1.17. The molecule has 0 spiro atoms. The van der Waals surface area contributed by atoms with Crippen molar-refractivity contribution in [2.45, 2.75) is 51.4 Å². The van der Waals surface area contributed by atoms with Crippen LogP contribution in [0.5, 0.6) is 0 Å². The predicted molar refractivity (Wildman–Crippen MR) is 184 cm³/mol. The Bertz CT molecular complexity index is 1680. The Kier molecular flexibility index (Phi) is 11.3. The van der Waals surface area contributed by atoms with Crippen LogP contribution in [0.15, 0.2) is 91.3 Å². The zero-order valence-corrected chi connectivity index (χ0v) is 27.6. The number of aliphatic carboxylic acids is 1. The minimum absolute atomic E-state index is 0.0116. The number of hydrogen-bond acceptors (Lipinski definition) is 9. The SMILES string of the molecule is C[C@H]1[C@@H](CN2CCN(c3ncccn3)CC2)O[C@@H](c2ccc(-c3ccccc3CNC(=O)CCC(=O)O)cc2)O[C@H]1c1ccc(CO)cc1. The zero-order chi connectivity index (χ0) is 34.2. The van der Waals surface area contributed by atoms with Gasteiger partial charge in [-0.15, -0.1) is 0 Å². The number of aliphatic hydroxyl groups is 1. The number of nitrogens with zero attached hydrogens (tertiary/aromatic N) is 4. The molecule has 0 bridgehead atoms. The number of amides is 1. The molecule has 11 nitrogen and oxygen atoms in total. The van der Waals surface area contributed by atoms with Crippen molar-refractivity contribution in [3.8, 4) is 11.1 Å². The van der Waals surface area contributed by atoms with E-state index in [4.69, 9.17) is 14.6 Å².